The fourth-order valence-corrected chi connectivity index (χ4v) is 2.81. The first kappa shape index (κ1) is 14.4. The molecule has 0 aliphatic rings. The van der Waals surface area contributed by atoms with E-state index in [9.17, 15) is 0 Å². The number of hydrogen-bond acceptors (Lipinski definition) is 1. The molecule has 0 aliphatic carbocycles. The van der Waals surface area contributed by atoms with E-state index in [1.807, 2.05) is 30.3 Å². The van der Waals surface area contributed by atoms with E-state index >= 15 is 0 Å². The minimum Gasteiger partial charge on any atom is -0.457 e. The summed E-state index contributed by atoms with van der Waals surface area (Å²) in [6, 6.07) is 24.7. The fraction of sp³-hybridized carbons (Fsp3) is 0.143. The Labute approximate surface area is 132 Å². The first-order valence-electron chi connectivity index (χ1n) is 7.70. The summed E-state index contributed by atoms with van der Waals surface area (Å²) in [4.78, 5) is 0. The number of aryl methyl sites for hydroxylation is 1. The van der Waals surface area contributed by atoms with Crippen molar-refractivity contribution in [2.75, 3.05) is 0 Å². The molecule has 0 saturated heterocycles. The number of rotatable bonds is 4. The molecule has 0 heterocycles. The second-order valence-corrected chi connectivity index (χ2v) is 5.37. The monoisotopic (exact) mass is 288 g/mol. The Bertz CT molecular complexity index is 746. The topological polar surface area (TPSA) is 9.23 Å². The van der Waals surface area contributed by atoms with Crippen LogP contribution in [0.15, 0.2) is 72.8 Å². The van der Waals surface area contributed by atoms with Gasteiger partial charge in [-0.25, -0.2) is 0 Å². The number of hydrogen-bond donors (Lipinski definition) is 0. The third-order valence-corrected chi connectivity index (χ3v) is 3.87. The molecule has 0 aromatic heterocycles. The molecule has 3 rings (SSSR count). The van der Waals surface area contributed by atoms with E-state index < -0.39 is 0 Å². The third kappa shape index (κ3) is 2.89. The van der Waals surface area contributed by atoms with Gasteiger partial charge in [0, 0.05) is 5.56 Å². The van der Waals surface area contributed by atoms with Crippen molar-refractivity contribution in [1.82, 2.24) is 0 Å². The summed E-state index contributed by atoms with van der Waals surface area (Å²) in [5.74, 6) is 1.82. The minimum atomic E-state index is 0.875. The lowest BCUT2D eigenvalue weighted by molar-refractivity contribution is 0.477. The van der Waals surface area contributed by atoms with E-state index in [0.29, 0.717) is 0 Å². The Morgan fingerprint density at radius 2 is 1.41 bits per heavy atom. The molecular formula is C21H20O. The third-order valence-electron chi connectivity index (χ3n) is 3.87. The number of benzene rings is 3. The summed E-state index contributed by atoms with van der Waals surface area (Å²) in [6.07, 6.45) is 0.939. The first-order valence-corrected chi connectivity index (χ1v) is 7.70. The summed E-state index contributed by atoms with van der Waals surface area (Å²) < 4.78 is 6.12. The van der Waals surface area contributed by atoms with Gasteiger partial charge >= 0.3 is 0 Å². The highest BCUT2D eigenvalue weighted by atomic mass is 16.5. The lowest BCUT2D eigenvalue weighted by Crippen LogP contribution is -1.96. The van der Waals surface area contributed by atoms with Gasteiger partial charge in [0.1, 0.15) is 11.5 Å². The zero-order valence-corrected chi connectivity index (χ0v) is 13.0. The largest absolute Gasteiger partial charge is 0.457 e. The second-order valence-electron chi connectivity index (χ2n) is 5.37. The van der Waals surface area contributed by atoms with Crippen molar-refractivity contribution in [1.29, 1.82) is 0 Å². The molecule has 1 heteroatoms. The van der Waals surface area contributed by atoms with E-state index in [-0.39, 0.29) is 0 Å². The Balaban J connectivity index is 2.09. The van der Waals surface area contributed by atoms with Crippen LogP contribution in [0.3, 0.4) is 0 Å². The van der Waals surface area contributed by atoms with Gasteiger partial charge in [-0.2, -0.15) is 0 Å². The fourth-order valence-electron chi connectivity index (χ4n) is 2.81. The van der Waals surface area contributed by atoms with Crippen LogP contribution in [0.1, 0.15) is 18.1 Å². The molecule has 1 nitrogen and oxygen atoms in total. The van der Waals surface area contributed by atoms with Crippen LogP contribution in [0.4, 0.5) is 0 Å². The molecule has 22 heavy (non-hydrogen) atoms. The van der Waals surface area contributed by atoms with E-state index in [0.717, 1.165) is 17.9 Å². The summed E-state index contributed by atoms with van der Waals surface area (Å²) >= 11 is 0. The highest BCUT2D eigenvalue weighted by Gasteiger charge is 2.13. The van der Waals surface area contributed by atoms with Crippen LogP contribution in [0.2, 0.25) is 0 Å². The lowest BCUT2D eigenvalue weighted by atomic mass is 9.93. The number of ether oxygens (including phenoxy) is 1. The highest BCUT2D eigenvalue weighted by Crippen LogP contribution is 2.36. The summed E-state index contributed by atoms with van der Waals surface area (Å²) in [5, 5.41) is 0. The molecule has 0 radical (unpaired) electrons. The van der Waals surface area contributed by atoms with Gasteiger partial charge in [0.05, 0.1) is 0 Å². The van der Waals surface area contributed by atoms with Gasteiger partial charge in [-0.3, -0.25) is 0 Å². The molecule has 0 amide bonds. The predicted molar refractivity (Wildman–Crippen MR) is 92.5 cm³/mol. The van der Waals surface area contributed by atoms with Crippen LogP contribution in [-0.4, -0.2) is 0 Å². The van der Waals surface area contributed by atoms with Crippen LogP contribution in [0, 0.1) is 6.92 Å². The Kier molecular flexibility index (Phi) is 4.24. The maximum absolute atomic E-state index is 6.12. The molecule has 3 aromatic rings. The standard InChI is InChI=1S/C21H20O/c1-3-19-20(22-18-12-8-5-9-13-18)15-14-16(2)21(19)17-10-6-4-7-11-17/h4-15H,3H2,1-2H3. The van der Waals surface area contributed by atoms with Gasteiger partial charge in [0.2, 0.25) is 0 Å². The van der Waals surface area contributed by atoms with Crippen molar-refractivity contribution >= 4 is 0 Å². The maximum atomic E-state index is 6.12. The lowest BCUT2D eigenvalue weighted by Gasteiger charge is -2.17. The average Bonchev–Trinajstić information content (AvgIpc) is 2.58. The van der Waals surface area contributed by atoms with Crippen molar-refractivity contribution in [2.24, 2.45) is 0 Å². The summed E-state index contributed by atoms with van der Waals surface area (Å²) in [7, 11) is 0. The van der Waals surface area contributed by atoms with E-state index in [1.165, 1.54) is 22.3 Å². The molecule has 0 saturated carbocycles. The zero-order chi connectivity index (χ0) is 15.4. The Hall–Kier alpha value is -2.54. The molecule has 0 aliphatic heterocycles. The van der Waals surface area contributed by atoms with E-state index in [2.05, 4.69) is 56.3 Å². The van der Waals surface area contributed by atoms with E-state index in [1.54, 1.807) is 0 Å². The van der Waals surface area contributed by atoms with Crippen LogP contribution in [0.25, 0.3) is 11.1 Å². The molecule has 0 spiro atoms. The van der Waals surface area contributed by atoms with Gasteiger partial charge in [-0.15, -0.1) is 0 Å². The molecule has 110 valence electrons. The van der Waals surface area contributed by atoms with Crippen molar-refractivity contribution in [3.05, 3.63) is 83.9 Å². The van der Waals surface area contributed by atoms with Crippen molar-refractivity contribution in [3.63, 3.8) is 0 Å². The van der Waals surface area contributed by atoms with Crippen LogP contribution in [0.5, 0.6) is 11.5 Å². The quantitative estimate of drug-likeness (QED) is 0.570. The predicted octanol–water partition coefficient (Wildman–Crippen LogP) is 6.02. The van der Waals surface area contributed by atoms with Gasteiger partial charge in [-0.1, -0.05) is 61.5 Å². The molecule has 0 fully saturated rings. The Morgan fingerprint density at radius 3 is 2.05 bits per heavy atom. The normalized spacial score (nSPS) is 10.5. The summed E-state index contributed by atoms with van der Waals surface area (Å²) in [5.41, 5.74) is 5.07. The minimum absolute atomic E-state index is 0.875. The SMILES string of the molecule is CCc1c(Oc2ccccc2)ccc(C)c1-c1ccccc1. The van der Waals surface area contributed by atoms with E-state index in [4.69, 9.17) is 4.74 Å². The van der Waals surface area contributed by atoms with Crippen molar-refractivity contribution < 1.29 is 4.74 Å². The molecule has 0 atom stereocenters. The van der Waals surface area contributed by atoms with Gasteiger partial charge in [0.25, 0.3) is 0 Å². The second kappa shape index (κ2) is 6.48. The molecule has 0 bridgehead atoms. The summed E-state index contributed by atoms with van der Waals surface area (Å²) in [6.45, 7) is 4.34. The average molecular weight is 288 g/mol. The van der Waals surface area contributed by atoms with Crippen LogP contribution in [-0.2, 0) is 6.42 Å². The molecule has 0 N–H and O–H groups in total. The van der Waals surface area contributed by atoms with Crippen LogP contribution < -0.4 is 4.74 Å². The molecular weight excluding hydrogens is 268 g/mol. The maximum Gasteiger partial charge on any atom is 0.131 e. The zero-order valence-electron chi connectivity index (χ0n) is 13.0. The Morgan fingerprint density at radius 1 is 0.773 bits per heavy atom. The van der Waals surface area contributed by atoms with Crippen molar-refractivity contribution in [3.8, 4) is 22.6 Å². The van der Waals surface area contributed by atoms with Gasteiger partial charge in [0.15, 0.2) is 0 Å². The highest BCUT2D eigenvalue weighted by molar-refractivity contribution is 5.73. The first-order chi connectivity index (χ1) is 10.8. The molecule has 0 unspecified atom stereocenters. The van der Waals surface area contributed by atoms with Crippen molar-refractivity contribution in [2.45, 2.75) is 20.3 Å². The van der Waals surface area contributed by atoms with Gasteiger partial charge in [-0.05, 0) is 48.2 Å². The molecule has 3 aromatic carbocycles. The van der Waals surface area contributed by atoms with Crippen LogP contribution >= 0.6 is 0 Å². The smallest absolute Gasteiger partial charge is 0.131 e. The van der Waals surface area contributed by atoms with Gasteiger partial charge < -0.3 is 4.74 Å². The number of para-hydroxylation sites is 1.